The molecule has 4 rings (SSSR count). The lowest BCUT2D eigenvalue weighted by Gasteiger charge is -2.30. The van der Waals surface area contributed by atoms with E-state index in [1.165, 1.54) is 4.90 Å². The molecule has 0 saturated carbocycles. The van der Waals surface area contributed by atoms with Gasteiger partial charge in [0, 0.05) is 5.56 Å². The number of nitrogens with one attached hydrogen (secondary N) is 1. The lowest BCUT2D eigenvalue weighted by Crippen LogP contribution is -2.54. The lowest BCUT2D eigenvalue weighted by molar-refractivity contribution is -0.122. The Morgan fingerprint density at radius 3 is 2.44 bits per heavy atom. The van der Waals surface area contributed by atoms with Gasteiger partial charge < -0.3 is 9.47 Å². The normalized spacial score (nSPS) is 15.1. The van der Waals surface area contributed by atoms with Crippen LogP contribution in [-0.2, 0) is 16.0 Å². The highest BCUT2D eigenvalue weighted by atomic mass is 32.1. The highest BCUT2D eigenvalue weighted by Crippen LogP contribution is 2.34. The molecule has 0 aliphatic carbocycles. The topological polar surface area (TPSA) is 67.9 Å². The van der Waals surface area contributed by atoms with Crippen LogP contribution in [0.3, 0.4) is 0 Å². The summed E-state index contributed by atoms with van der Waals surface area (Å²) in [5.41, 5.74) is 2.23. The Bertz CT molecular complexity index is 1310. The third-order valence-corrected chi connectivity index (χ3v) is 5.89. The van der Waals surface area contributed by atoms with Crippen molar-refractivity contribution in [2.75, 3.05) is 18.1 Å². The standard InChI is InChI=1S/C27H26N2O4S/c1-4-17-9-7-8-10-23(17)29-26(31)22(25(30)28-27(29)34)16-21-20-15-19(32-5-2)13-11-18(20)12-14-24(21)33-6-3/h7-16H,4-6H2,1-3H3,(H,28,30,34)/b22-16+. The van der Waals surface area contributed by atoms with Crippen LogP contribution in [-0.4, -0.2) is 30.1 Å². The number of anilines is 1. The number of nitrogens with zero attached hydrogens (tertiary/aromatic N) is 1. The fourth-order valence-electron chi connectivity index (χ4n) is 4.04. The number of carbonyl (C=O) groups is 2. The van der Waals surface area contributed by atoms with Crippen LogP contribution in [0, 0.1) is 0 Å². The van der Waals surface area contributed by atoms with E-state index in [0.717, 1.165) is 16.3 Å². The van der Waals surface area contributed by atoms with Gasteiger partial charge in [-0.3, -0.25) is 19.8 Å². The van der Waals surface area contributed by atoms with Crippen LogP contribution < -0.4 is 19.7 Å². The molecule has 3 aromatic carbocycles. The van der Waals surface area contributed by atoms with Crippen molar-refractivity contribution in [3.05, 3.63) is 71.3 Å². The molecule has 3 aromatic rings. The van der Waals surface area contributed by atoms with E-state index in [2.05, 4.69) is 5.32 Å². The first-order valence-electron chi connectivity index (χ1n) is 11.3. The molecule has 0 aromatic heterocycles. The zero-order valence-corrected chi connectivity index (χ0v) is 20.2. The van der Waals surface area contributed by atoms with Crippen LogP contribution in [0.1, 0.15) is 31.9 Å². The first-order chi connectivity index (χ1) is 16.5. The first kappa shape index (κ1) is 23.4. The second-order valence-corrected chi connectivity index (χ2v) is 8.05. The molecule has 0 bridgehead atoms. The van der Waals surface area contributed by atoms with Crippen LogP contribution in [0.5, 0.6) is 11.5 Å². The van der Waals surface area contributed by atoms with Gasteiger partial charge in [-0.05, 0) is 79.2 Å². The Kier molecular flexibility index (Phi) is 6.93. The van der Waals surface area contributed by atoms with Gasteiger partial charge in [-0.15, -0.1) is 0 Å². The molecule has 34 heavy (non-hydrogen) atoms. The average Bonchev–Trinajstić information content (AvgIpc) is 2.83. The number of para-hydroxylation sites is 1. The highest BCUT2D eigenvalue weighted by Gasteiger charge is 2.35. The van der Waals surface area contributed by atoms with Crippen molar-refractivity contribution >= 4 is 51.7 Å². The van der Waals surface area contributed by atoms with Crippen LogP contribution in [0.25, 0.3) is 16.8 Å². The smallest absolute Gasteiger partial charge is 0.270 e. The summed E-state index contributed by atoms with van der Waals surface area (Å²) in [5, 5.41) is 4.49. The summed E-state index contributed by atoms with van der Waals surface area (Å²) in [6.45, 7) is 6.77. The quantitative estimate of drug-likeness (QED) is 0.296. The number of ether oxygens (including phenoxy) is 2. The molecule has 2 amide bonds. The number of carbonyl (C=O) groups excluding carboxylic acids is 2. The molecule has 1 fully saturated rings. The number of rotatable bonds is 7. The highest BCUT2D eigenvalue weighted by molar-refractivity contribution is 7.80. The summed E-state index contributed by atoms with van der Waals surface area (Å²) in [6.07, 6.45) is 2.30. The largest absolute Gasteiger partial charge is 0.494 e. The van der Waals surface area contributed by atoms with Crippen molar-refractivity contribution in [3.63, 3.8) is 0 Å². The predicted octanol–water partition coefficient (Wildman–Crippen LogP) is 5.03. The van der Waals surface area contributed by atoms with Crippen molar-refractivity contribution in [2.45, 2.75) is 27.2 Å². The molecule has 1 aliphatic rings. The second kappa shape index (κ2) is 10.1. The van der Waals surface area contributed by atoms with E-state index < -0.39 is 11.8 Å². The van der Waals surface area contributed by atoms with Crippen molar-refractivity contribution < 1.29 is 19.1 Å². The zero-order chi connectivity index (χ0) is 24.2. The van der Waals surface area contributed by atoms with Gasteiger partial charge in [-0.25, -0.2) is 0 Å². The minimum absolute atomic E-state index is 0.0187. The lowest BCUT2D eigenvalue weighted by atomic mass is 9.99. The van der Waals surface area contributed by atoms with Crippen molar-refractivity contribution in [1.29, 1.82) is 0 Å². The first-order valence-corrected chi connectivity index (χ1v) is 11.7. The van der Waals surface area contributed by atoms with Gasteiger partial charge in [-0.1, -0.05) is 37.3 Å². The molecule has 1 aliphatic heterocycles. The monoisotopic (exact) mass is 474 g/mol. The van der Waals surface area contributed by atoms with E-state index in [0.29, 0.717) is 42.4 Å². The molecule has 1 heterocycles. The van der Waals surface area contributed by atoms with Gasteiger partial charge in [-0.2, -0.15) is 0 Å². The third-order valence-electron chi connectivity index (χ3n) is 5.61. The van der Waals surface area contributed by atoms with Gasteiger partial charge >= 0.3 is 0 Å². The van der Waals surface area contributed by atoms with Crippen molar-refractivity contribution in [1.82, 2.24) is 5.32 Å². The Morgan fingerprint density at radius 2 is 1.71 bits per heavy atom. The number of aryl methyl sites for hydroxylation is 1. The van der Waals surface area contributed by atoms with E-state index >= 15 is 0 Å². The molecule has 0 atom stereocenters. The van der Waals surface area contributed by atoms with Gasteiger partial charge in [0.15, 0.2) is 5.11 Å². The van der Waals surface area contributed by atoms with Crippen LogP contribution in [0.15, 0.2) is 60.2 Å². The molecule has 1 saturated heterocycles. The minimum Gasteiger partial charge on any atom is -0.494 e. The number of benzene rings is 3. The van der Waals surface area contributed by atoms with Gasteiger partial charge in [0.2, 0.25) is 0 Å². The third kappa shape index (κ3) is 4.39. The molecule has 0 spiro atoms. The number of amides is 2. The van der Waals surface area contributed by atoms with Crippen molar-refractivity contribution in [2.24, 2.45) is 0 Å². The zero-order valence-electron chi connectivity index (χ0n) is 19.4. The van der Waals surface area contributed by atoms with E-state index in [9.17, 15) is 9.59 Å². The Hall–Kier alpha value is -3.71. The Balaban J connectivity index is 1.89. The summed E-state index contributed by atoms with van der Waals surface area (Å²) in [7, 11) is 0. The Labute approximate surface area is 204 Å². The molecular weight excluding hydrogens is 448 g/mol. The van der Waals surface area contributed by atoms with E-state index in [1.54, 1.807) is 6.08 Å². The van der Waals surface area contributed by atoms with Crippen LogP contribution >= 0.6 is 12.2 Å². The Morgan fingerprint density at radius 1 is 0.971 bits per heavy atom. The fraction of sp³-hybridized carbons (Fsp3) is 0.222. The number of fused-ring (bicyclic) bond motifs is 1. The predicted molar refractivity (Wildman–Crippen MR) is 138 cm³/mol. The molecule has 7 heteroatoms. The van der Waals surface area contributed by atoms with Gasteiger partial charge in [0.25, 0.3) is 11.8 Å². The number of thiocarbonyl (C=S) groups is 1. The summed E-state index contributed by atoms with van der Waals surface area (Å²) < 4.78 is 11.5. The molecular formula is C27H26N2O4S. The molecule has 0 radical (unpaired) electrons. The number of hydrogen-bond donors (Lipinski definition) is 1. The van der Waals surface area contributed by atoms with Gasteiger partial charge in [0.05, 0.1) is 18.9 Å². The fourth-order valence-corrected chi connectivity index (χ4v) is 4.31. The number of hydrogen-bond acceptors (Lipinski definition) is 5. The molecule has 0 unspecified atom stereocenters. The van der Waals surface area contributed by atoms with Crippen LogP contribution in [0.4, 0.5) is 5.69 Å². The van der Waals surface area contributed by atoms with Crippen molar-refractivity contribution in [3.8, 4) is 11.5 Å². The van der Waals surface area contributed by atoms with Crippen LogP contribution in [0.2, 0.25) is 0 Å². The maximum atomic E-state index is 13.6. The molecule has 1 N–H and O–H groups in total. The average molecular weight is 475 g/mol. The maximum Gasteiger partial charge on any atom is 0.270 e. The SMILES string of the molecule is CCOc1ccc2ccc(OCC)c(/C=C3\C(=O)NC(=S)N(c4ccccc4CC)C3=O)c2c1. The van der Waals surface area contributed by atoms with E-state index in [4.69, 9.17) is 21.7 Å². The van der Waals surface area contributed by atoms with E-state index in [1.807, 2.05) is 75.4 Å². The van der Waals surface area contributed by atoms with Gasteiger partial charge in [0.1, 0.15) is 17.1 Å². The summed E-state index contributed by atoms with van der Waals surface area (Å²) in [4.78, 5) is 28.0. The second-order valence-electron chi connectivity index (χ2n) is 7.67. The molecule has 174 valence electrons. The summed E-state index contributed by atoms with van der Waals surface area (Å²) >= 11 is 5.38. The maximum absolute atomic E-state index is 13.6. The summed E-state index contributed by atoms with van der Waals surface area (Å²) in [6, 6.07) is 17.1. The molecule has 6 nitrogen and oxygen atoms in total. The summed E-state index contributed by atoms with van der Waals surface area (Å²) in [5.74, 6) is 0.253. The van der Waals surface area contributed by atoms with E-state index in [-0.39, 0.29) is 10.7 Å². The minimum atomic E-state index is -0.541.